The molecule has 5 heteroatoms. The molecule has 1 aromatic heterocycles. The van der Waals surface area contributed by atoms with Gasteiger partial charge in [-0.15, -0.1) is 0 Å². The molecule has 1 aliphatic rings. The molecule has 0 aliphatic carbocycles. The molecule has 2 heterocycles. The van der Waals surface area contributed by atoms with Gasteiger partial charge in [0.2, 0.25) is 0 Å². The summed E-state index contributed by atoms with van der Waals surface area (Å²) >= 11 is 2.06. The first-order chi connectivity index (χ1) is 9.28. The van der Waals surface area contributed by atoms with Crippen LogP contribution in [0.5, 0.6) is 0 Å². The van der Waals surface area contributed by atoms with Crippen molar-refractivity contribution in [1.82, 2.24) is 15.6 Å². The van der Waals surface area contributed by atoms with E-state index >= 15 is 0 Å². The number of aliphatic imine (C=N–C) groups is 1. The van der Waals surface area contributed by atoms with Crippen LogP contribution in [0.4, 0.5) is 0 Å². The van der Waals surface area contributed by atoms with Gasteiger partial charge in [0.05, 0.1) is 0 Å². The van der Waals surface area contributed by atoms with E-state index in [2.05, 4.69) is 38.4 Å². The van der Waals surface area contributed by atoms with Gasteiger partial charge in [0.25, 0.3) is 0 Å². The van der Waals surface area contributed by atoms with Crippen LogP contribution in [0.15, 0.2) is 23.3 Å². The fourth-order valence-corrected chi connectivity index (χ4v) is 3.23. The van der Waals surface area contributed by atoms with Crippen LogP contribution in [0.1, 0.15) is 24.1 Å². The molecule has 19 heavy (non-hydrogen) atoms. The molecule has 0 bridgehead atoms. The van der Waals surface area contributed by atoms with Gasteiger partial charge in [0.1, 0.15) is 0 Å². The molecule has 104 valence electrons. The topological polar surface area (TPSA) is 49.3 Å². The van der Waals surface area contributed by atoms with Crippen LogP contribution in [-0.2, 0) is 6.54 Å². The molecule has 1 aromatic rings. The van der Waals surface area contributed by atoms with Crippen LogP contribution in [0.2, 0.25) is 0 Å². The van der Waals surface area contributed by atoms with E-state index in [-0.39, 0.29) is 0 Å². The lowest BCUT2D eigenvalue weighted by atomic mass is 10.2. The van der Waals surface area contributed by atoms with Crippen LogP contribution in [-0.4, -0.2) is 35.5 Å². The third-order valence-electron chi connectivity index (χ3n) is 3.18. The SMILES string of the molecule is CN=C(NCc1ccc(C)nc1)NCC1CCCS1. The highest BCUT2D eigenvalue weighted by Gasteiger charge is 2.15. The lowest BCUT2D eigenvalue weighted by Gasteiger charge is -2.14. The van der Waals surface area contributed by atoms with E-state index < -0.39 is 0 Å². The van der Waals surface area contributed by atoms with E-state index in [1.807, 2.05) is 26.2 Å². The molecular formula is C14H22N4S. The standard InChI is InChI=1S/C14H22N4S/c1-11-5-6-12(8-16-11)9-17-14(15-2)18-10-13-4-3-7-19-13/h5-6,8,13H,3-4,7,9-10H2,1-2H3,(H2,15,17,18). The average molecular weight is 278 g/mol. The Labute approximate surface area is 119 Å². The molecule has 1 unspecified atom stereocenters. The van der Waals surface area contributed by atoms with Crippen molar-refractivity contribution < 1.29 is 0 Å². The van der Waals surface area contributed by atoms with E-state index in [1.54, 1.807) is 0 Å². The number of nitrogens with one attached hydrogen (secondary N) is 2. The first kappa shape index (κ1) is 14.2. The fraction of sp³-hybridized carbons (Fsp3) is 0.571. The molecule has 2 rings (SSSR count). The Morgan fingerprint density at radius 3 is 3.00 bits per heavy atom. The largest absolute Gasteiger partial charge is 0.355 e. The molecule has 0 aromatic carbocycles. The third kappa shape index (κ3) is 4.74. The molecule has 0 spiro atoms. The number of aryl methyl sites for hydroxylation is 1. The number of pyridine rings is 1. The molecule has 1 atom stereocenters. The van der Waals surface area contributed by atoms with E-state index in [4.69, 9.17) is 0 Å². The summed E-state index contributed by atoms with van der Waals surface area (Å²) in [7, 11) is 1.81. The number of rotatable bonds is 4. The predicted molar refractivity (Wildman–Crippen MR) is 82.7 cm³/mol. The highest BCUT2D eigenvalue weighted by molar-refractivity contribution is 8.00. The highest BCUT2D eigenvalue weighted by Crippen LogP contribution is 2.25. The lowest BCUT2D eigenvalue weighted by molar-refractivity contribution is 0.725. The van der Waals surface area contributed by atoms with Crippen molar-refractivity contribution in [2.24, 2.45) is 4.99 Å². The van der Waals surface area contributed by atoms with Crippen molar-refractivity contribution in [2.75, 3.05) is 19.3 Å². The number of guanidine groups is 1. The van der Waals surface area contributed by atoms with Crippen molar-refractivity contribution in [3.8, 4) is 0 Å². The number of aromatic nitrogens is 1. The van der Waals surface area contributed by atoms with Crippen molar-refractivity contribution in [1.29, 1.82) is 0 Å². The maximum Gasteiger partial charge on any atom is 0.191 e. The molecule has 2 N–H and O–H groups in total. The normalized spacial score (nSPS) is 19.5. The van der Waals surface area contributed by atoms with Gasteiger partial charge in [-0.2, -0.15) is 11.8 Å². The number of hydrogen-bond donors (Lipinski definition) is 2. The van der Waals surface area contributed by atoms with Crippen molar-refractivity contribution in [3.63, 3.8) is 0 Å². The van der Waals surface area contributed by atoms with Gasteiger partial charge < -0.3 is 10.6 Å². The Morgan fingerprint density at radius 1 is 1.47 bits per heavy atom. The maximum absolute atomic E-state index is 4.29. The third-order valence-corrected chi connectivity index (χ3v) is 4.58. The molecule has 0 saturated carbocycles. The van der Waals surface area contributed by atoms with Crippen molar-refractivity contribution >= 4 is 17.7 Å². The summed E-state index contributed by atoms with van der Waals surface area (Å²) < 4.78 is 0. The van der Waals surface area contributed by atoms with Crippen LogP contribution >= 0.6 is 11.8 Å². The summed E-state index contributed by atoms with van der Waals surface area (Å²) in [6, 6.07) is 4.12. The second kappa shape index (κ2) is 7.38. The van der Waals surface area contributed by atoms with Gasteiger partial charge in [-0.1, -0.05) is 6.07 Å². The number of hydrogen-bond acceptors (Lipinski definition) is 3. The van der Waals surface area contributed by atoms with E-state index in [9.17, 15) is 0 Å². The first-order valence-corrected chi connectivity index (χ1v) is 7.80. The molecular weight excluding hydrogens is 256 g/mol. The Hall–Kier alpha value is -1.23. The number of nitrogens with zero attached hydrogens (tertiary/aromatic N) is 2. The quantitative estimate of drug-likeness (QED) is 0.653. The highest BCUT2D eigenvalue weighted by atomic mass is 32.2. The summed E-state index contributed by atoms with van der Waals surface area (Å²) in [4.78, 5) is 8.53. The summed E-state index contributed by atoms with van der Waals surface area (Å²) in [5.74, 6) is 2.17. The molecule has 1 aliphatic heterocycles. The second-order valence-corrected chi connectivity index (χ2v) is 6.16. The van der Waals surface area contributed by atoms with Crippen LogP contribution in [0, 0.1) is 6.92 Å². The summed E-state index contributed by atoms with van der Waals surface area (Å²) in [5.41, 5.74) is 2.22. The van der Waals surface area contributed by atoms with Gasteiger partial charge in [0, 0.05) is 37.3 Å². The molecule has 1 fully saturated rings. The average Bonchev–Trinajstić information content (AvgIpc) is 2.94. The Bertz CT molecular complexity index is 410. The van der Waals surface area contributed by atoms with Crippen LogP contribution in [0.3, 0.4) is 0 Å². The molecule has 4 nitrogen and oxygen atoms in total. The van der Waals surface area contributed by atoms with E-state index in [0.717, 1.165) is 30.0 Å². The van der Waals surface area contributed by atoms with Gasteiger partial charge in [-0.05, 0) is 37.1 Å². The molecule has 0 radical (unpaired) electrons. The summed E-state index contributed by atoms with van der Waals surface area (Å²) in [5, 5.41) is 7.45. The smallest absolute Gasteiger partial charge is 0.191 e. The van der Waals surface area contributed by atoms with Crippen molar-refractivity contribution in [2.45, 2.75) is 31.6 Å². The summed E-state index contributed by atoms with van der Waals surface area (Å²) in [6.45, 7) is 3.75. The Kier molecular flexibility index (Phi) is 5.51. The minimum absolute atomic E-state index is 0.736. The van der Waals surface area contributed by atoms with Crippen LogP contribution < -0.4 is 10.6 Å². The van der Waals surface area contributed by atoms with E-state index in [1.165, 1.54) is 24.2 Å². The lowest BCUT2D eigenvalue weighted by Crippen LogP contribution is -2.39. The monoisotopic (exact) mass is 278 g/mol. The maximum atomic E-state index is 4.29. The van der Waals surface area contributed by atoms with Gasteiger partial charge in [0.15, 0.2) is 5.96 Å². The second-order valence-electron chi connectivity index (χ2n) is 4.75. The fourth-order valence-electron chi connectivity index (χ4n) is 2.03. The van der Waals surface area contributed by atoms with Gasteiger partial charge >= 0.3 is 0 Å². The van der Waals surface area contributed by atoms with Gasteiger partial charge in [-0.3, -0.25) is 9.98 Å². The van der Waals surface area contributed by atoms with Crippen molar-refractivity contribution in [3.05, 3.63) is 29.6 Å². The molecule has 0 amide bonds. The number of thioether (sulfide) groups is 1. The minimum atomic E-state index is 0.736. The zero-order valence-electron chi connectivity index (χ0n) is 11.6. The minimum Gasteiger partial charge on any atom is -0.355 e. The Morgan fingerprint density at radius 2 is 2.37 bits per heavy atom. The first-order valence-electron chi connectivity index (χ1n) is 6.75. The van der Waals surface area contributed by atoms with E-state index in [0.29, 0.717) is 0 Å². The predicted octanol–water partition coefficient (Wildman–Crippen LogP) is 1.95. The zero-order chi connectivity index (χ0) is 13.5. The van der Waals surface area contributed by atoms with Gasteiger partial charge in [-0.25, -0.2) is 0 Å². The van der Waals surface area contributed by atoms with Crippen LogP contribution in [0.25, 0.3) is 0 Å². The zero-order valence-corrected chi connectivity index (χ0v) is 12.5. The Balaban J connectivity index is 1.74. The summed E-state index contributed by atoms with van der Waals surface area (Å²) in [6.07, 6.45) is 4.57. The molecule has 1 saturated heterocycles.